The number of hydrogen-bond acceptors (Lipinski definition) is 4. The minimum Gasteiger partial charge on any atom is -0.465 e. The van der Waals surface area contributed by atoms with E-state index in [4.69, 9.17) is 9.84 Å². The van der Waals surface area contributed by atoms with Crippen LogP contribution in [-0.4, -0.2) is 48.8 Å². The van der Waals surface area contributed by atoms with Crippen molar-refractivity contribution in [3.63, 3.8) is 0 Å². The lowest BCUT2D eigenvalue weighted by Crippen LogP contribution is -2.29. The third-order valence-corrected chi connectivity index (χ3v) is 2.74. The van der Waals surface area contributed by atoms with Gasteiger partial charge >= 0.3 is 5.97 Å². The van der Waals surface area contributed by atoms with Crippen LogP contribution < -0.4 is 0 Å². The second-order valence-electron chi connectivity index (χ2n) is 4.15. The predicted octanol–water partition coefficient (Wildman–Crippen LogP) is 0.644. The molecule has 4 heteroatoms. The summed E-state index contributed by atoms with van der Waals surface area (Å²) in [5.41, 5.74) is 0. The van der Waals surface area contributed by atoms with Crippen molar-refractivity contribution in [1.29, 1.82) is 0 Å². The summed E-state index contributed by atoms with van der Waals surface area (Å²) in [6, 6.07) is 0. The van der Waals surface area contributed by atoms with Crippen LogP contribution in [0.1, 0.15) is 26.2 Å². The molecule has 0 aromatic carbocycles. The highest BCUT2D eigenvalue weighted by Crippen LogP contribution is 2.14. The van der Waals surface area contributed by atoms with E-state index in [1.165, 1.54) is 0 Å². The summed E-state index contributed by atoms with van der Waals surface area (Å²) in [7, 11) is 0. The molecule has 1 aliphatic heterocycles. The van der Waals surface area contributed by atoms with Gasteiger partial charge in [0, 0.05) is 13.2 Å². The molecule has 4 nitrogen and oxygen atoms in total. The largest absolute Gasteiger partial charge is 0.465 e. The lowest BCUT2D eigenvalue weighted by Gasteiger charge is -2.14. The smallest absolute Gasteiger partial charge is 0.320 e. The third-order valence-electron chi connectivity index (χ3n) is 2.74. The van der Waals surface area contributed by atoms with Gasteiger partial charge in [0.15, 0.2) is 0 Å². The van der Waals surface area contributed by atoms with Crippen LogP contribution in [0.5, 0.6) is 0 Å². The van der Waals surface area contributed by atoms with Crippen LogP contribution in [0, 0.1) is 5.92 Å². The van der Waals surface area contributed by atoms with E-state index < -0.39 is 0 Å². The highest BCUT2D eigenvalue weighted by Gasteiger charge is 2.23. The van der Waals surface area contributed by atoms with Gasteiger partial charge in [-0.25, -0.2) is 0 Å². The molecule has 1 aliphatic rings. The average molecular weight is 215 g/mol. The van der Waals surface area contributed by atoms with Crippen molar-refractivity contribution in [1.82, 2.24) is 4.90 Å². The maximum absolute atomic E-state index is 11.3. The molecule has 1 unspecified atom stereocenters. The quantitative estimate of drug-likeness (QED) is 0.522. The molecule has 1 fully saturated rings. The number of nitrogens with zero attached hydrogens (tertiary/aromatic N) is 1. The Bertz CT molecular complexity index is 196. The fourth-order valence-corrected chi connectivity index (χ4v) is 1.76. The van der Waals surface area contributed by atoms with Crippen molar-refractivity contribution in [2.45, 2.75) is 26.2 Å². The van der Waals surface area contributed by atoms with Gasteiger partial charge in [0.1, 0.15) is 0 Å². The van der Waals surface area contributed by atoms with Crippen LogP contribution in [0.25, 0.3) is 0 Å². The first kappa shape index (κ1) is 12.5. The van der Waals surface area contributed by atoms with E-state index >= 15 is 0 Å². The molecule has 0 bridgehead atoms. The summed E-state index contributed by atoms with van der Waals surface area (Å²) in [6.07, 6.45) is 2.97. The zero-order chi connectivity index (χ0) is 11.1. The van der Waals surface area contributed by atoms with Gasteiger partial charge in [0.25, 0.3) is 0 Å². The van der Waals surface area contributed by atoms with Gasteiger partial charge < -0.3 is 9.84 Å². The first-order chi connectivity index (χ1) is 7.26. The number of esters is 1. The van der Waals surface area contributed by atoms with E-state index in [0.717, 1.165) is 32.4 Å². The van der Waals surface area contributed by atoms with Crippen molar-refractivity contribution in [2.75, 3.05) is 32.8 Å². The molecule has 1 atom stereocenters. The van der Waals surface area contributed by atoms with E-state index in [1.807, 2.05) is 0 Å². The van der Waals surface area contributed by atoms with Crippen LogP contribution in [0.4, 0.5) is 0 Å². The number of carbonyl (C=O) groups excluding carboxylic acids is 1. The molecule has 1 heterocycles. The summed E-state index contributed by atoms with van der Waals surface area (Å²) < 4.78 is 5.07. The number of likely N-dealkylation sites (tertiary alicyclic amines) is 1. The number of hydrogen-bond donors (Lipinski definition) is 1. The van der Waals surface area contributed by atoms with Gasteiger partial charge in [0.05, 0.1) is 13.2 Å². The van der Waals surface area contributed by atoms with Crippen LogP contribution in [-0.2, 0) is 9.53 Å². The van der Waals surface area contributed by atoms with Gasteiger partial charge in [-0.3, -0.25) is 9.69 Å². The fourth-order valence-electron chi connectivity index (χ4n) is 1.76. The fraction of sp³-hybridized carbons (Fsp3) is 0.909. The monoisotopic (exact) mass is 215 g/mol. The molecule has 0 aliphatic carbocycles. The first-order valence-electron chi connectivity index (χ1n) is 5.75. The second-order valence-corrected chi connectivity index (χ2v) is 4.15. The molecule has 0 aromatic heterocycles. The van der Waals surface area contributed by atoms with Crippen molar-refractivity contribution in [3.8, 4) is 0 Å². The first-order valence-corrected chi connectivity index (χ1v) is 5.75. The second kappa shape index (κ2) is 6.80. The lowest BCUT2D eigenvalue weighted by molar-refractivity contribution is -0.144. The number of aliphatic hydroxyl groups excluding tert-OH is 1. The van der Waals surface area contributed by atoms with Gasteiger partial charge in [0.2, 0.25) is 0 Å². The zero-order valence-electron chi connectivity index (χ0n) is 9.45. The minimum absolute atomic E-state index is 0.137. The maximum atomic E-state index is 11.3. The molecule has 0 radical (unpaired) electrons. The Morgan fingerprint density at radius 1 is 1.60 bits per heavy atom. The predicted molar refractivity (Wildman–Crippen MR) is 57.5 cm³/mol. The molecular weight excluding hydrogens is 194 g/mol. The van der Waals surface area contributed by atoms with E-state index in [-0.39, 0.29) is 12.6 Å². The van der Waals surface area contributed by atoms with E-state index in [2.05, 4.69) is 11.8 Å². The third kappa shape index (κ3) is 4.62. The molecule has 1 N–H and O–H groups in total. The number of rotatable bonds is 6. The van der Waals surface area contributed by atoms with Crippen molar-refractivity contribution in [3.05, 3.63) is 0 Å². The Morgan fingerprint density at radius 2 is 2.40 bits per heavy atom. The molecule has 0 spiro atoms. The van der Waals surface area contributed by atoms with Crippen LogP contribution in [0.3, 0.4) is 0 Å². The lowest BCUT2D eigenvalue weighted by atomic mass is 10.1. The maximum Gasteiger partial charge on any atom is 0.320 e. The molecule has 0 amide bonds. The molecular formula is C11H21NO3. The zero-order valence-corrected chi connectivity index (χ0v) is 9.45. The molecule has 0 aromatic rings. The standard InChI is InChI=1S/C11H21NO3/c1-2-3-6-15-11(14)8-12-5-4-10(7-12)9-13/h10,13H,2-9H2,1H3. The Morgan fingerprint density at radius 3 is 3.00 bits per heavy atom. The van der Waals surface area contributed by atoms with E-state index in [1.54, 1.807) is 0 Å². The molecule has 1 saturated heterocycles. The van der Waals surface area contributed by atoms with Gasteiger partial charge in [-0.1, -0.05) is 13.3 Å². The van der Waals surface area contributed by atoms with E-state index in [0.29, 0.717) is 19.1 Å². The molecule has 0 saturated carbocycles. The van der Waals surface area contributed by atoms with Crippen LogP contribution >= 0.6 is 0 Å². The van der Waals surface area contributed by atoms with Crippen molar-refractivity contribution < 1.29 is 14.6 Å². The molecule has 88 valence electrons. The number of unbranched alkanes of at least 4 members (excludes halogenated alkanes) is 1. The van der Waals surface area contributed by atoms with Gasteiger partial charge in [-0.05, 0) is 25.3 Å². The van der Waals surface area contributed by atoms with Gasteiger partial charge in [-0.2, -0.15) is 0 Å². The summed E-state index contributed by atoms with van der Waals surface area (Å²) in [4.78, 5) is 13.4. The van der Waals surface area contributed by atoms with Crippen LogP contribution in [0.2, 0.25) is 0 Å². The molecule has 15 heavy (non-hydrogen) atoms. The van der Waals surface area contributed by atoms with Crippen molar-refractivity contribution in [2.24, 2.45) is 5.92 Å². The highest BCUT2D eigenvalue weighted by atomic mass is 16.5. The number of aliphatic hydroxyl groups is 1. The Balaban J connectivity index is 2.10. The Labute approximate surface area is 91.2 Å². The summed E-state index contributed by atoms with van der Waals surface area (Å²) >= 11 is 0. The number of carbonyl (C=O) groups is 1. The van der Waals surface area contributed by atoms with E-state index in [9.17, 15) is 4.79 Å². The average Bonchev–Trinajstić information content (AvgIpc) is 2.66. The Hall–Kier alpha value is -0.610. The van der Waals surface area contributed by atoms with Gasteiger partial charge in [-0.15, -0.1) is 0 Å². The summed E-state index contributed by atoms with van der Waals surface area (Å²) in [5.74, 6) is 0.204. The topological polar surface area (TPSA) is 49.8 Å². The molecule has 1 rings (SSSR count). The van der Waals surface area contributed by atoms with Crippen LogP contribution in [0.15, 0.2) is 0 Å². The summed E-state index contributed by atoms with van der Waals surface area (Å²) in [5, 5.41) is 8.95. The highest BCUT2D eigenvalue weighted by molar-refractivity contribution is 5.71. The SMILES string of the molecule is CCCCOC(=O)CN1CCC(CO)C1. The Kier molecular flexibility index (Phi) is 5.65. The van der Waals surface area contributed by atoms with Crippen molar-refractivity contribution >= 4 is 5.97 Å². The minimum atomic E-state index is -0.137. The summed E-state index contributed by atoms with van der Waals surface area (Å²) in [6.45, 7) is 4.92. The number of ether oxygens (including phenoxy) is 1. The normalized spacial score (nSPS) is 21.9.